The number of hydrogen-bond acceptors (Lipinski definition) is 1. The van der Waals surface area contributed by atoms with Crippen molar-refractivity contribution in [1.29, 1.82) is 0 Å². The summed E-state index contributed by atoms with van der Waals surface area (Å²) < 4.78 is 1.29. The van der Waals surface area contributed by atoms with Gasteiger partial charge in [-0.25, -0.2) is 0 Å². The zero-order valence-corrected chi connectivity index (χ0v) is 17.2. The fraction of sp³-hybridized carbons (Fsp3) is 1.00. The summed E-state index contributed by atoms with van der Waals surface area (Å²) in [5.41, 5.74) is 0. The van der Waals surface area contributed by atoms with E-state index in [1.807, 2.05) is 0 Å². The van der Waals surface area contributed by atoms with Crippen molar-refractivity contribution in [1.82, 2.24) is 0 Å². The van der Waals surface area contributed by atoms with Crippen LogP contribution in [0.1, 0.15) is 116 Å². The Balaban J connectivity index is 0.00000529. The van der Waals surface area contributed by atoms with Crippen LogP contribution in [0, 0.1) is 0 Å². The third kappa shape index (κ3) is 11.5. The molecular formula is C22H47NO. The van der Waals surface area contributed by atoms with Crippen molar-refractivity contribution < 1.29 is 9.96 Å². The van der Waals surface area contributed by atoms with Crippen molar-refractivity contribution in [3.63, 3.8) is 0 Å². The Hall–Kier alpha value is -0.0800. The van der Waals surface area contributed by atoms with Crippen molar-refractivity contribution in [3.8, 4) is 0 Å². The zero-order chi connectivity index (χ0) is 16.8. The highest BCUT2D eigenvalue weighted by molar-refractivity contribution is 4.65. The highest BCUT2D eigenvalue weighted by Crippen LogP contribution is 2.26. The Labute approximate surface area is 153 Å². The van der Waals surface area contributed by atoms with Gasteiger partial charge in [-0.15, -0.1) is 0 Å². The van der Waals surface area contributed by atoms with Gasteiger partial charge in [0.15, 0.2) is 0 Å². The quantitative estimate of drug-likeness (QED) is 0.249. The molecule has 1 rings (SSSR count). The molecule has 0 spiro atoms. The minimum absolute atomic E-state index is 0. The van der Waals surface area contributed by atoms with Crippen LogP contribution >= 0.6 is 0 Å². The zero-order valence-electron chi connectivity index (χ0n) is 17.2. The van der Waals surface area contributed by atoms with Gasteiger partial charge < -0.3 is 9.96 Å². The lowest BCUT2D eigenvalue weighted by atomic mass is 9.93. The molecule has 0 unspecified atom stereocenters. The lowest BCUT2D eigenvalue weighted by molar-refractivity contribution is -0.916. The molecule has 0 amide bonds. The summed E-state index contributed by atoms with van der Waals surface area (Å²) in [6, 6.07) is 0.955. The van der Waals surface area contributed by atoms with E-state index in [0.717, 1.165) is 6.04 Å². The van der Waals surface area contributed by atoms with Gasteiger partial charge in [0.1, 0.15) is 0 Å². The molecule has 2 nitrogen and oxygen atoms in total. The van der Waals surface area contributed by atoms with Gasteiger partial charge in [0, 0.05) is 0 Å². The molecule has 1 fully saturated rings. The van der Waals surface area contributed by atoms with E-state index in [9.17, 15) is 0 Å². The highest BCUT2D eigenvalue weighted by Gasteiger charge is 2.28. The number of rotatable bonds is 14. The van der Waals surface area contributed by atoms with Crippen LogP contribution in [0.3, 0.4) is 0 Å². The van der Waals surface area contributed by atoms with E-state index in [1.165, 1.54) is 120 Å². The Morgan fingerprint density at radius 1 is 0.625 bits per heavy atom. The molecule has 0 heterocycles. The van der Waals surface area contributed by atoms with Gasteiger partial charge in [0.05, 0.1) is 26.7 Å². The van der Waals surface area contributed by atoms with Crippen molar-refractivity contribution in [2.75, 3.05) is 20.6 Å². The fourth-order valence-electron chi connectivity index (χ4n) is 4.32. The third-order valence-electron chi connectivity index (χ3n) is 6.15. The molecule has 1 aliphatic carbocycles. The summed E-state index contributed by atoms with van der Waals surface area (Å²) in [5, 5.41) is 0. The number of hydrogen-bond donors (Lipinski definition) is 0. The SMILES string of the molecule is CCCCCCCCCCCCCC[N+](C)(C)C1CCCCC1.[OH-]. The average molecular weight is 342 g/mol. The van der Waals surface area contributed by atoms with Crippen LogP contribution < -0.4 is 0 Å². The molecule has 0 radical (unpaired) electrons. The van der Waals surface area contributed by atoms with E-state index in [1.54, 1.807) is 0 Å². The summed E-state index contributed by atoms with van der Waals surface area (Å²) in [6.07, 6.45) is 24.9. The average Bonchev–Trinajstić information content (AvgIpc) is 2.56. The molecule has 2 heteroatoms. The Kier molecular flexibility index (Phi) is 15.1. The molecular weight excluding hydrogens is 294 g/mol. The Bertz CT molecular complexity index is 259. The lowest BCUT2D eigenvalue weighted by Gasteiger charge is -2.40. The summed E-state index contributed by atoms with van der Waals surface area (Å²) >= 11 is 0. The predicted octanol–water partition coefficient (Wildman–Crippen LogP) is 6.92. The first kappa shape index (κ1) is 23.9. The standard InChI is InChI=1S/C22H46N.H2O/c1-4-5-6-7-8-9-10-11-12-13-14-18-21-23(2,3)22-19-16-15-17-20-22;/h22H,4-21H2,1-3H3;1H2/q+1;/p-1. The highest BCUT2D eigenvalue weighted by atomic mass is 16.0. The lowest BCUT2D eigenvalue weighted by Crippen LogP contribution is -2.50. The molecule has 0 aliphatic heterocycles. The molecule has 1 N–H and O–H groups in total. The Morgan fingerprint density at radius 2 is 1.04 bits per heavy atom. The van der Waals surface area contributed by atoms with Gasteiger partial charge in [-0.3, -0.25) is 0 Å². The van der Waals surface area contributed by atoms with Gasteiger partial charge >= 0.3 is 0 Å². The first-order valence-corrected chi connectivity index (χ1v) is 11.0. The molecule has 1 saturated carbocycles. The van der Waals surface area contributed by atoms with Gasteiger partial charge in [-0.1, -0.05) is 77.6 Å². The largest absolute Gasteiger partial charge is 0.870 e. The van der Waals surface area contributed by atoms with E-state index in [4.69, 9.17) is 0 Å². The minimum Gasteiger partial charge on any atom is -0.870 e. The van der Waals surface area contributed by atoms with Crippen LogP contribution in [0.25, 0.3) is 0 Å². The maximum absolute atomic E-state index is 2.48. The monoisotopic (exact) mass is 341 g/mol. The predicted molar refractivity (Wildman–Crippen MR) is 107 cm³/mol. The van der Waals surface area contributed by atoms with Crippen LogP contribution in [0.5, 0.6) is 0 Å². The first-order chi connectivity index (χ1) is 11.2. The fourth-order valence-corrected chi connectivity index (χ4v) is 4.32. The van der Waals surface area contributed by atoms with Gasteiger partial charge in [-0.2, -0.15) is 0 Å². The molecule has 1 aliphatic rings. The normalized spacial score (nSPS) is 16.1. The van der Waals surface area contributed by atoms with E-state index >= 15 is 0 Å². The van der Waals surface area contributed by atoms with E-state index in [-0.39, 0.29) is 5.48 Å². The van der Waals surface area contributed by atoms with Crippen LogP contribution in [-0.4, -0.2) is 36.6 Å². The smallest absolute Gasteiger partial charge is 0.0886 e. The second-order valence-corrected chi connectivity index (χ2v) is 8.68. The second kappa shape index (κ2) is 15.2. The number of unbranched alkanes of at least 4 members (excludes halogenated alkanes) is 11. The summed E-state index contributed by atoms with van der Waals surface area (Å²) in [5.74, 6) is 0. The first-order valence-electron chi connectivity index (χ1n) is 11.0. The minimum atomic E-state index is 0. The Morgan fingerprint density at radius 3 is 1.50 bits per heavy atom. The number of nitrogens with zero attached hydrogens (tertiary/aromatic N) is 1. The molecule has 0 aromatic rings. The molecule has 24 heavy (non-hydrogen) atoms. The number of quaternary nitrogens is 1. The van der Waals surface area contributed by atoms with Gasteiger partial charge in [0.25, 0.3) is 0 Å². The van der Waals surface area contributed by atoms with E-state index < -0.39 is 0 Å². The van der Waals surface area contributed by atoms with Crippen LogP contribution in [0.15, 0.2) is 0 Å². The third-order valence-corrected chi connectivity index (χ3v) is 6.15. The molecule has 0 bridgehead atoms. The van der Waals surface area contributed by atoms with Crippen LogP contribution in [-0.2, 0) is 0 Å². The molecule has 146 valence electrons. The molecule has 0 aromatic carbocycles. The van der Waals surface area contributed by atoms with Gasteiger partial charge in [0.2, 0.25) is 0 Å². The maximum Gasteiger partial charge on any atom is 0.0886 e. The van der Waals surface area contributed by atoms with Crippen molar-refractivity contribution in [3.05, 3.63) is 0 Å². The molecule has 0 saturated heterocycles. The van der Waals surface area contributed by atoms with Crippen molar-refractivity contribution in [2.45, 2.75) is 122 Å². The van der Waals surface area contributed by atoms with E-state index in [0.29, 0.717) is 0 Å². The summed E-state index contributed by atoms with van der Waals surface area (Å²) in [6.45, 7) is 3.71. The van der Waals surface area contributed by atoms with Crippen LogP contribution in [0.2, 0.25) is 0 Å². The summed E-state index contributed by atoms with van der Waals surface area (Å²) in [4.78, 5) is 0. The van der Waals surface area contributed by atoms with Gasteiger partial charge in [-0.05, 0) is 38.5 Å². The molecule has 0 atom stereocenters. The topological polar surface area (TPSA) is 30.0 Å². The summed E-state index contributed by atoms with van der Waals surface area (Å²) in [7, 11) is 4.96. The second-order valence-electron chi connectivity index (χ2n) is 8.68. The maximum atomic E-state index is 2.48. The van der Waals surface area contributed by atoms with Crippen molar-refractivity contribution in [2.24, 2.45) is 0 Å². The van der Waals surface area contributed by atoms with Crippen LogP contribution in [0.4, 0.5) is 0 Å². The molecule has 0 aromatic heterocycles. The van der Waals surface area contributed by atoms with Crippen molar-refractivity contribution >= 4 is 0 Å². The van der Waals surface area contributed by atoms with E-state index in [2.05, 4.69) is 21.0 Å².